The molecule has 3 rings (SSSR count). The van der Waals surface area contributed by atoms with Gasteiger partial charge in [0.25, 0.3) is 0 Å². The van der Waals surface area contributed by atoms with Gasteiger partial charge in [0.05, 0.1) is 28.4 Å². The standard InChI is InChI=1S/C19H14O4S/c1-23-19(22)15-14(12-8-4-2-5-9-12)17(18(20)21)24-16(15)13-10-6-3-7-11-13/h2-11H,1H3,(H,20,21)/p-1. The van der Waals surface area contributed by atoms with Crippen LogP contribution >= 0.6 is 11.3 Å². The third-order valence-corrected chi connectivity index (χ3v) is 4.80. The minimum Gasteiger partial charge on any atom is -0.544 e. The number of rotatable bonds is 4. The van der Waals surface area contributed by atoms with Crippen LogP contribution < -0.4 is 5.11 Å². The number of carbonyl (C=O) groups excluding carboxylic acids is 2. The molecule has 4 nitrogen and oxygen atoms in total. The van der Waals surface area contributed by atoms with Gasteiger partial charge in [-0.3, -0.25) is 0 Å². The summed E-state index contributed by atoms with van der Waals surface area (Å²) < 4.78 is 4.91. The fraction of sp³-hybridized carbons (Fsp3) is 0.0526. The monoisotopic (exact) mass is 337 g/mol. The lowest BCUT2D eigenvalue weighted by Gasteiger charge is -2.08. The molecule has 24 heavy (non-hydrogen) atoms. The highest BCUT2D eigenvalue weighted by molar-refractivity contribution is 7.18. The van der Waals surface area contributed by atoms with E-state index in [1.165, 1.54) is 7.11 Å². The number of thiophene rings is 1. The number of hydrogen-bond donors (Lipinski definition) is 0. The zero-order chi connectivity index (χ0) is 17.1. The predicted molar refractivity (Wildman–Crippen MR) is 90.9 cm³/mol. The Morgan fingerprint density at radius 1 is 0.917 bits per heavy atom. The lowest BCUT2D eigenvalue weighted by atomic mass is 9.98. The second kappa shape index (κ2) is 6.68. The molecule has 1 heterocycles. The van der Waals surface area contributed by atoms with E-state index in [0.717, 1.165) is 16.9 Å². The molecule has 3 aromatic rings. The van der Waals surface area contributed by atoms with Crippen molar-refractivity contribution in [1.82, 2.24) is 0 Å². The van der Waals surface area contributed by atoms with Gasteiger partial charge in [0.15, 0.2) is 0 Å². The van der Waals surface area contributed by atoms with Crippen LogP contribution in [0.2, 0.25) is 0 Å². The van der Waals surface area contributed by atoms with E-state index in [1.54, 1.807) is 24.3 Å². The molecule has 0 spiro atoms. The van der Waals surface area contributed by atoms with Crippen molar-refractivity contribution in [3.05, 3.63) is 71.1 Å². The van der Waals surface area contributed by atoms with E-state index < -0.39 is 11.9 Å². The highest BCUT2D eigenvalue weighted by Crippen LogP contribution is 2.42. The number of esters is 1. The molecule has 0 atom stereocenters. The summed E-state index contributed by atoms with van der Waals surface area (Å²) in [5.74, 6) is -1.89. The smallest absolute Gasteiger partial charge is 0.340 e. The first-order valence-electron chi connectivity index (χ1n) is 7.20. The van der Waals surface area contributed by atoms with Crippen molar-refractivity contribution in [1.29, 1.82) is 0 Å². The summed E-state index contributed by atoms with van der Waals surface area (Å²) in [4.78, 5) is 24.6. The summed E-state index contributed by atoms with van der Waals surface area (Å²) in [6, 6.07) is 18.1. The van der Waals surface area contributed by atoms with E-state index in [1.807, 2.05) is 36.4 Å². The Kier molecular flexibility index (Phi) is 4.44. The molecule has 0 aliphatic carbocycles. The van der Waals surface area contributed by atoms with Crippen LogP contribution in [0, 0.1) is 0 Å². The van der Waals surface area contributed by atoms with Gasteiger partial charge >= 0.3 is 5.97 Å². The predicted octanol–water partition coefficient (Wildman–Crippen LogP) is 3.23. The molecule has 0 unspecified atom stereocenters. The van der Waals surface area contributed by atoms with Gasteiger partial charge in [-0.15, -0.1) is 11.3 Å². The maximum atomic E-state index is 12.4. The molecular weight excluding hydrogens is 324 g/mol. The first-order valence-corrected chi connectivity index (χ1v) is 8.02. The van der Waals surface area contributed by atoms with E-state index >= 15 is 0 Å². The third kappa shape index (κ3) is 2.81. The van der Waals surface area contributed by atoms with Gasteiger partial charge in [-0.05, 0) is 11.1 Å². The van der Waals surface area contributed by atoms with E-state index in [2.05, 4.69) is 0 Å². The fourth-order valence-electron chi connectivity index (χ4n) is 2.54. The number of carboxylic acid groups (broad SMARTS) is 1. The number of methoxy groups -OCH3 is 1. The van der Waals surface area contributed by atoms with Crippen LogP contribution in [-0.4, -0.2) is 19.0 Å². The average Bonchev–Trinajstić information content (AvgIpc) is 3.03. The highest BCUT2D eigenvalue weighted by atomic mass is 32.1. The number of benzene rings is 2. The molecule has 0 saturated heterocycles. The van der Waals surface area contributed by atoms with Gasteiger partial charge in [-0.25, -0.2) is 4.79 Å². The summed E-state index contributed by atoms with van der Waals surface area (Å²) >= 11 is 1.02. The summed E-state index contributed by atoms with van der Waals surface area (Å²) in [5, 5.41) is 11.7. The molecule has 0 saturated carbocycles. The van der Waals surface area contributed by atoms with E-state index in [9.17, 15) is 14.7 Å². The quantitative estimate of drug-likeness (QED) is 0.686. The zero-order valence-corrected chi connectivity index (χ0v) is 13.6. The Hall–Kier alpha value is -2.92. The number of carbonyl (C=O) groups is 2. The van der Waals surface area contributed by atoms with Crippen molar-refractivity contribution in [2.24, 2.45) is 0 Å². The number of hydrogen-bond acceptors (Lipinski definition) is 5. The molecule has 0 N–H and O–H groups in total. The zero-order valence-electron chi connectivity index (χ0n) is 12.8. The molecule has 0 radical (unpaired) electrons. The Bertz CT molecular complexity index is 882. The van der Waals surface area contributed by atoms with Crippen LogP contribution in [0.15, 0.2) is 60.7 Å². The van der Waals surface area contributed by atoms with Crippen molar-refractivity contribution in [2.75, 3.05) is 7.11 Å². The summed E-state index contributed by atoms with van der Waals surface area (Å²) in [5.41, 5.74) is 1.98. The van der Waals surface area contributed by atoms with Gasteiger partial charge < -0.3 is 14.6 Å². The van der Waals surface area contributed by atoms with Crippen LogP contribution in [0.25, 0.3) is 21.6 Å². The highest BCUT2D eigenvalue weighted by Gasteiger charge is 2.26. The van der Waals surface area contributed by atoms with Gasteiger partial charge in [0, 0.05) is 5.56 Å². The molecule has 0 fully saturated rings. The normalized spacial score (nSPS) is 10.4. The van der Waals surface area contributed by atoms with E-state index in [4.69, 9.17) is 4.74 Å². The van der Waals surface area contributed by atoms with Crippen LogP contribution in [0.3, 0.4) is 0 Å². The van der Waals surface area contributed by atoms with Gasteiger partial charge in [-0.1, -0.05) is 60.7 Å². The van der Waals surface area contributed by atoms with Crippen molar-refractivity contribution in [3.63, 3.8) is 0 Å². The number of ether oxygens (including phenoxy) is 1. The molecule has 0 amide bonds. The van der Waals surface area contributed by atoms with E-state index in [0.29, 0.717) is 16.0 Å². The first-order chi connectivity index (χ1) is 11.6. The molecule has 0 aliphatic rings. The van der Waals surface area contributed by atoms with Crippen LogP contribution in [-0.2, 0) is 4.74 Å². The van der Waals surface area contributed by atoms with Crippen LogP contribution in [0.1, 0.15) is 20.0 Å². The minimum absolute atomic E-state index is 0.0143. The molecule has 5 heteroatoms. The maximum absolute atomic E-state index is 12.4. The molecule has 120 valence electrons. The van der Waals surface area contributed by atoms with Gasteiger partial charge in [0.1, 0.15) is 0 Å². The van der Waals surface area contributed by atoms with Crippen molar-refractivity contribution in [3.8, 4) is 21.6 Å². The fourth-order valence-corrected chi connectivity index (χ4v) is 3.70. The summed E-state index contributed by atoms with van der Waals surface area (Å²) in [6.07, 6.45) is 0. The molecular formula is C19H13O4S-. The van der Waals surface area contributed by atoms with Gasteiger partial charge in [0.2, 0.25) is 0 Å². The summed E-state index contributed by atoms with van der Waals surface area (Å²) in [6.45, 7) is 0. The Morgan fingerprint density at radius 2 is 1.46 bits per heavy atom. The first kappa shape index (κ1) is 16.0. The van der Waals surface area contributed by atoms with E-state index in [-0.39, 0.29) is 10.4 Å². The number of aromatic carboxylic acids is 1. The lowest BCUT2D eigenvalue weighted by Crippen LogP contribution is -2.22. The minimum atomic E-state index is -1.31. The lowest BCUT2D eigenvalue weighted by molar-refractivity contribution is -0.254. The molecule has 2 aromatic carbocycles. The second-order valence-corrected chi connectivity index (χ2v) is 6.04. The van der Waals surface area contributed by atoms with Crippen molar-refractivity contribution >= 4 is 23.3 Å². The topological polar surface area (TPSA) is 66.4 Å². The Balaban J connectivity index is 2.36. The third-order valence-electron chi connectivity index (χ3n) is 3.58. The molecule has 0 aliphatic heterocycles. The molecule has 0 bridgehead atoms. The van der Waals surface area contributed by atoms with Crippen molar-refractivity contribution in [2.45, 2.75) is 0 Å². The van der Waals surface area contributed by atoms with Crippen LogP contribution in [0.4, 0.5) is 0 Å². The second-order valence-electron chi connectivity index (χ2n) is 5.02. The maximum Gasteiger partial charge on any atom is 0.340 e. The average molecular weight is 337 g/mol. The van der Waals surface area contributed by atoms with Crippen molar-refractivity contribution < 1.29 is 19.4 Å². The van der Waals surface area contributed by atoms with Gasteiger partial charge in [-0.2, -0.15) is 0 Å². The Labute approximate surface area is 143 Å². The van der Waals surface area contributed by atoms with Crippen LogP contribution in [0.5, 0.6) is 0 Å². The largest absolute Gasteiger partial charge is 0.544 e. The Morgan fingerprint density at radius 3 is 1.96 bits per heavy atom. The SMILES string of the molecule is COC(=O)c1c(-c2ccccc2)sc(C(=O)[O-])c1-c1ccccc1. The summed E-state index contributed by atoms with van der Waals surface area (Å²) in [7, 11) is 1.28. The number of carboxylic acids is 1. The molecule has 1 aromatic heterocycles.